The highest BCUT2D eigenvalue weighted by Crippen LogP contribution is 2.41. The molecule has 3 nitrogen and oxygen atoms in total. The summed E-state index contributed by atoms with van der Waals surface area (Å²) in [4.78, 5) is 11.1. The normalized spacial score (nSPS) is 38.7. The smallest absolute Gasteiger partial charge is 0.309 e. The highest BCUT2D eigenvalue weighted by molar-refractivity contribution is 5.71. The first-order chi connectivity index (χ1) is 6.89. The highest BCUT2D eigenvalue weighted by Gasteiger charge is 2.44. The summed E-state index contributed by atoms with van der Waals surface area (Å²) < 4.78 is 0. The van der Waals surface area contributed by atoms with Gasteiger partial charge in [0.1, 0.15) is 0 Å². The van der Waals surface area contributed by atoms with Crippen molar-refractivity contribution in [3.8, 4) is 0 Å². The van der Waals surface area contributed by atoms with Crippen LogP contribution in [0.1, 0.15) is 46.5 Å². The first kappa shape index (κ1) is 12.5. The van der Waals surface area contributed by atoms with E-state index < -0.39 is 17.5 Å². The summed E-state index contributed by atoms with van der Waals surface area (Å²) in [7, 11) is 0. The number of hydrogen-bond donors (Lipinski definition) is 2. The van der Waals surface area contributed by atoms with Gasteiger partial charge in [-0.15, -0.1) is 0 Å². The van der Waals surface area contributed by atoms with E-state index in [1.165, 1.54) is 0 Å². The minimum Gasteiger partial charge on any atom is -0.481 e. The average molecular weight is 214 g/mol. The maximum Gasteiger partial charge on any atom is 0.309 e. The van der Waals surface area contributed by atoms with E-state index in [0.29, 0.717) is 31.1 Å². The Morgan fingerprint density at radius 1 is 1.40 bits per heavy atom. The molecule has 1 rings (SSSR count). The van der Waals surface area contributed by atoms with Crippen molar-refractivity contribution in [1.29, 1.82) is 0 Å². The van der Waals surface area contributed by atoms with Crippen molar-refractivity contribution in [2.75, 3.05) is 0 Å². The number of carboxylic acids is 1. The third-order valence-electron chi connectivity index (χ3n) is 3.56. The van der Waals surface area contributed by atoms with Gasteiger partial charge in [0.05, 0.1) is 11.5 Å². The standard InChI is InChI=1S/C12H22O3/c1-4-10(11(13)14)12(15)6-8(2)5-9(3)7-12/h8-10,15H,4-7H2,1-3H3,(H,13,14). The monoisotopic (exact) mass is 214 g/mol. The van der Waals surface area contributed by atoms with Gasteiger partial charge in [0, 0.05) is 0 Å². The molecule has 1 aliphatic carbocycles. The fourth-order valence-corrected chi connectivity index (χ4v) is 3.21. The first-order valence-corrected chi connectivity index (χ1v) is 5.84. The van der Waals surface area contributed by atoms with Gasteiger partial charge in [-0.3, -0.25) is 4.79 Å². The third-order valence-corrected chi connectivity index (χ3v) is 3.56. The van der Waals surface area contributed by atoms with Crippen molar-refractivity contribution in [3.63, 3.8) is 0 Å². The fraction of sp³-hybridized carbons (Fsp3) is 0.917. The van der Waals surface area contributed by atoms with Crippen molar-refractivity contribution in [2.24, 2.45) is 17.8 Å². The summed E-state index contributed by atoms with van der Waals surface area (Å²) in [6.07, 6.45) is 2.86. The van der Waals surface area contributed by atoms with E-state index in [0.717, 1.165) is 6.42 Å². The van der Waals surface area contributed by atoms with Gasteiger partial charge in [-0.1, -0.05) is 20.8 Å². The van der Waals surface area contributed by atoms with Crippen LogP contribution in [0, 0.1) is 17.8 Å². The SMILES string of the molecule is CCC(C(=O)O)C1(O)CC(C)CC(C)C1. The average Bonchev–Trinajstić information content (AvgIpc) is 1.99. The Balaban J connectivity index is 2.83. The molecule has 3 atom stereocenters. The van der Waals surface area contributed by atoms with Crippen molar-refractivity contribution < 1.29 is 15.0 Å². The Morgan fingerprint density at radius 3 is 2.20 bits per heavy atom. The fourth-order valence-electron chi connectivity index (χ4n) is 3.21. The van der Waals surface area contributed by atoms with E-state index in [9.17, 15) is 9.90 Å². The van der Waals surface area contributed by atoms with E-state index in [2.05, 4.69) is 13.8 Å². The second-order valence-electron chi connectivity index (χ2n) is 5.26. The van der Waals surface area contributed by atoms with Crippen molar-refractivity contribution in [3.05, 3.63) is 0 Å². The zero-order chi connectivity index (χ0) is 11.6. The Kier molecular flexibility index (Phi) is 3.77. The van der Waals surface area contributed by atoms with E-state index in [1.807, 2.05) is 6.92 Å². The summed E-state index contributed by atoms with van der Waals surface area (Å²) in [6.45, 7) is 6.02. The Hall–Kier alpha value is -0.570. The number of carbonyl (C=O) groups is 1. The Labute approximate surface area is 91.5 Å². The molecule has 2 N–H and O–H groups in total. The van der Waals surface area contributed by atoms with E-state index in [1.54, 1.807) is 0 Å². The maximum atomic E-state index is 11.1. The summed E-state index contributed by atoms with van der Waals surface area (Å²) >= 11 is 0. The molecule has 0 amide bonds. The Bertz CT molecular complexity index is 227. The Morgan fingerprint density at radius 2 is 1.87 bits per heavy atom. The summed E-state index contributed by atoms with van der Waals surface area (Å²) in [5, 5.41) is 19.6. The summed E-state index contributed by atoms with van der Waals surface area (Å²) in [5.74, 6) is -0.622. The molecule has 0 heterocycles. The number of rotatable bonds is 3. The molecular weight excluding hydrogens is 192 g/mol. The minimum absolute atomic E-state index is 0.423. The van der Waals surface area contributed by atoms with Crippen molar-refractivity contribution >= 4 is 5.97 Å². The number of hydrogen-bond acceptors (Lipinski definition) is 2. The lowest BCUT2D eigenvalue weighted by Crippen LogP contribution is -2.47. The molecule has 0 aromatic heterocycles. The molecule has 0 radical (unpaired) electrons. The summed E-state index contributed by atoms with van der Waals surface area (Å²) in [5.41, 5.74) is -0.988. The predicted octanol–water partition coefficient (Wildman–Crippen LogP) is 2.28. The third kappa shape index (κ3) is 2.71. The number of aliphatic hydroxyl groups is 1. The van der Waals surface area contributed by atoms with Crippen molar-refractivity contribution in [1.82, 2.24) is 0 Å². The van der Waals surface area contributed by atoms with Gasteiger partial charge < -0.3 is 10.2 Å². The molecule has 1 saturated carbocycles. The molecule has 88 valence electrons. The minimum atomic E-state index is -0.988. The van der Waals surface area contributed by atoms with Crippen LogP contribution >= 0.6 is 0 Å². The van der Waals surface area contributed by atoms with Gasteiger partial charge in [0.15, 0.2) is 0 Å². The van der Waals surface area contributed by atoms with Gasteiger partial charge in [-0.05, 0) is 37.5 Å². The highest BCUT2D eigenvalue weighted by atomic mass is 16.4. The molecule has 0 aliphatic heterocycles. The maximum absolute atomic E-state index is 11.1. The van der Waals surface area contributed by atoms with Gasteiger partial charge in [-0.25, -0.2) is 0 Å². The van der Waals surface area contributed by atoms with Crippen LogP contribution in [0.5, 0.6) is 0 Å². The van der Waals surface area contributed by atoms with Crippen LogP contribution in [-0.2, 0) is 4.79 Å². The van der Waals surface area contributed by atoms with Gasteiger partial charge in [0.2, 0.25) is 0 Å². The van der Waals surface area contributed by atoms with Crippen LogP contribution in [-0.4, -0.2) is 21.8 Å². The van der Waals surface area contributed by atoms with E-state index >= 15 is 0 Å². The number of aliphatic carboxylic acids is 1. The zero-order valence-corrected chi connectivity index (χ0v) is 9.86. The predicted molar refractivity (Wildman–Crippen MR) is 58.5 cm³/mol. The largest absolute Gasteiger partial charge is 0.481 e. The van der Waals surface area contributed by atoms with E-state index in [4.69, 9.17) is 5.11 Å². The lowest BCUT2D eigenvalue weighted by Gasteiger charge is -2.42. The quantitative estimate of drug-likeness (QED) is 0.757. The van der Waals surface area contributed by atoms with Crippen LogP contribution in [0.2, 0.25) is 0 Å². The molecule has 1 fully saturated rings. The number of carboxylic acid groups (broad SMARTS) is 1. The van der Waals surface area contributed by atoms with Crippen LogP contribution < -0.4 is 0 Å². The molecule has 0 aromatic carbocycles. The second-order valence-corrected chi connectivity index (χ2v) is 5.26. The van der Waals surface area contributed by atoms with Crippen LogP contribution in [0.3, 0.4) is 0 Å². The molecule has 3 unspecified atom stereocenters. The molecule has 1 aliphatic rings. The molecule has 15 heavy (non-hydrogen) atoms. The molecule has 0 saturated heterocycles. The lowest BCUT2D eigenvalue weighted by molar-refractivity contribution is -0.158. The molecule has 3 heteroatoms. The van der Waals surface area contributed by atoms with Crippen molar-refractivity contribution in [2.45, 2.75) is 52.1 Å². The lowest BCUT2D eigenvalue weighted by atomic mass is 9.67. The second kappa shape index (κ2) is 4.52. The molecule has 0 bridgehead atoms. The first-order valence-electron chi connectivity index (χ1n) is 5.84. The topological polar surface area (TPSA) is 57.5 Å². The van der Waals surface area contributed by atoms with E-state index in [-0.39, 0.29) is 0 Å². The molecule has 0 aromatic rings. The molecular formula is C12H22O3. The van der Waals surface area contributed by atoms with Crippen LogP contribution in [0.25, 0.3) is 0 Å². The summed E-state index contributed by atoms with van der Waals surface area (Å²) in [6, 6.07) is 0. The molecule has 0 spiro atoms. The van der Waals surface area contributed by atoms with Gasteiger partial charge >= 0.3 is 5.97 Å². The van der Waals surface area contributed by atoms with Crippen LogP contribution in [0.4, 0.5) is 0 Å². The zero-order valence-electron chi connectivity index (χ0n) is 9.86. The van der Waals surface area contributed by atoms with Gasteiger partial charge in [0.25, 0.3) is 0 Å². The van der Waals surface area contributed by atoms with Crippen LogP contribution in [0.15, 0.2) is 0 Å². The van der Waals surface area contributed by atoms with Gasteiger partial charge in [-0.2, -0.15) is 0 Å².